The summed E-state index contributed by atoms with van der Waals surface area (Å²) in [6.45, 7) is 0.946. The van der Waals surface area contributed by atoms with Crippen molar-refractivity contribution in [2.75, 3.05) is 13.1 Å². The van der Waals surface area contributed by atoms with Gasteiger partial charge in [0.1, 0.15) is 0 Å². The molecule has 0 unspecified atom stereocenters. The average molecular weight is 326 g/mol. The molecule has 19 heavy (non-hydrogen) atoms. The fourth-order valence-corrected chi connectivity index (χ4v) is 0.911. The summed E-state index contributed by atoms with van der Waals surface area (Å²) in [6, 6.07) is -1.71. The summed E-state index contributed by atoms with van der Waals surface area (Å²) in [5, 5.41) is 19.9. The van der Waals surface area contributed by atoms with Crippen molar-refractivity contribution >= 4 is 11.9 Å². The first-order chi connectivity index (χ1) is 8.36. The number of carboxylic acid groups (broad SMARTS) is 2. The Morgan fingerprint density at radius 3 is 1.26 bits per heavy atom. The van der Waals surface area contributed by atoms with E-state index in [2.05, 4.69) is 0 Å². The molecule has 8 nitrogen and oxygen atoms in total. The smallest absolute Gasteiger partial charge is 0.548 e. The largest absolute Gasteiger partial charge is 2.00 e. The number of rotatable bonds is 8. The molecule has 0 spiro atoms. The molecule has 8 N–H and O–H groups in total. The maximum Gasteiger partial charge on any atom is 2.00 e. The van der Waals surface area contributed by atoms with E-state index in [1.807, 2.05) is 0 Å². The van der Waals surface area contributed by atoms with Crippen LogP contribution in [0.4, 0.5) is 0 Å². The summed E-state index contributed by atoms with van der Waals surface area (Å²) in [5.41, 5.74) is 20.4. The quantitative estimate of drug-likeness (QED) is 0.322. The third kappa shape index (κ3) is 17.3. The van der Waals surface area contributed by atoms with Gasteiger partial charge in [-0.3, -0.25) is 0 Å². The van der Waals surface area contributed by atoms with Crippen molar-refractivity contribution in [3.63, 3.8) is 0 Å². The van der Waals surface area contributed by atoms with E-state index in [4.69, 9.17) is 22.9 Å². The van der Waals surface area contributed by atoms with Crippen molar-refractivity contribution in [3.8, 4) is 0 Å². The van der Waals surface area contributed by atoms with Gasteiger partial charge in [0.2, 0.25) is 0 Å². The molecule has 0 fully saturated rings. The number of hydrogen-bond acceptors (Lipinski definition) is 8. The monoisotopic (exact) mass is 325 g/mol. The van der Waals surface area contributed by atoms with Crippen LogP contribution >= 0.6 is 0 Å². The Labute approximate surface area is 123 Å². The van der Waals surface area contributed by atoms with Gasteiger partial charge in [0.25, 0.3) is 0 Å². The minimum absolute atomic E-state index is 0. The Morgan fingerprint density at radius 2 is 1.11 bits per heavy atom. The van der Waals surface area contributed by atoms with Crippen LogP contribution in [0.25, 0.3) is 0 Å². The Bertz CT molecular complexity index is 220. The van der Waals surface area contributed by atoms with Crippen molar-refractivity contribution in [2.24, 2.45) is 22.9 Å². The molecule has 0 bridgehead atoms. The molecule has 0 heterocycles. The predicted octanol–water partition coefficient (Wildman–Crippen LogP) is -4.40. The molecule has 117 valence electrons. The van der Waals surface area contributed by atoms with Crippen LogP contribution in [0, 0.1) is 0 Å². The van der Waals surface area contributed by atoms with Gasteiger partial charge in [-0.2, -0.15) is 0 Å². The van der Waals surface area contributed by atoms with Crippen LogP contribution in [0.15, 0.2) is 0 Å². The van der Waals surface area contributed by atoms with Gasteiger partial charge in [-0.05, 0) is 38.8 Å². The number of carbonyl (C=O) groups is 2. The molecule has 0 saturated heterocycles. The summed E-state index contributed by atoms with van der Waals surface area (Å²) in [7, 11) is 0. The van der Waals surface area contributed by atoms with Crippen molar-refractivity contribution in [3.05, 3.63) is 0 Å². The normalized spacial score (nSPS) is 12.4. The van der Waals surface area contributed by atoms with E-state index in [1.54, 1.807) is 0 Å². The van der Waals surface area contributed by atoms with Crippen molar-refractivity contribution in [1.29, 1.82) is 0 Å². The third-order valence-electron chi connectivity index (χ3n) is 2.04. The Hall–Kier alpha value is -0.701. The van der Waals surface area contributed by atoms with E-state index in [9.17, 15) is 19.8 Å². The van der Waals surface area contributed by atoms with Crippen LogP contribution in [0.2, 0.25) is 0 Å². The molecule has 0 aromatic heterocycles. The molecule has 0 saturated carbocycles. The molecule has 0 rings (SSSR count). The maximum atomic E-state index is 9.93. The fourth-order valence-electron chi connectivity index (χ4n) is 0.911. The van der Waals surface area contributed by atoms with Gasteiger partial charge in [-0.25, -0.2) is 0 Å². The Kier molecular flexibility index (Phi) is 18.9. The van der Waals surface area contributed by atoms with E-state index < -0.39 is 24.0 Å². The molecule has 9 heteroatoms. The van der Waals surface area contributed by atoms with Gasteiger partial charge in [0, 0.05) is 12.1 Å². The molecule has 0 amide bonds. The summed E-state index contributed by atoms with van der Waals surface area (Å²) in [4.78, 5) is 19.9. The van der Waals surface area contributed by atoms with Crippen molar-refractivity contribution < 1.29 is 36.9 Å². The first-order valence-corrected chi connectivity index (χ1v) is 5.69. The minimum Gasteiger partial charge on any atom is -0.548 e. The van der Waals surface area contributed by atoms with E-state index in [1.165, 1.54) is 0 Å². The van der Waals surface area contributed by atoms with Crippen LogP contribution in [-0.4, -0.2) is 37.1 Å². The minimum atomic E-state index is -1.21. The zero-order valence-corrected chi connectivity index (χ0v) is 11.6. The number of carbonyl (C=O) groups excluding carboxylic acids is 2. The molecule has 0 aromatic rings. The molecule has 2 atom stereocenters. The SMILES string of the molecule is NCCC[C@@H](N)C(=O)[O-].NCCC[C@@H](N)C(=O)[O-].[Cu+2]. The van der Waals surface area contributed by atoms with E-state index in [0.717, 1.165) is 0 Å². The van der Waals surface area contributed by atoms with E-state index >= 15 is 0 Å². The van der Waals surface area contributed by atoms with Gasteiger partial charge in [0.15, 0.2) is 0 Å². The zero-order valence-electron chi connectivity index (χ0n) is 10.6. The van der Waals surface area contributed by atoms with Gasteiger partial charge >= 0.3 is 17.1 Å². The topological polar surface area (TPSA) is 184 Å². The predicted molar refractivity (Wildman–Crippen MR) is 62.5 cm³/mol. The number of aliphatic carboxylic acids is 2. The van der Waals surface area contributed by atoms with Gasteiger partial charge in [-0.15, -0.1) is 0 Å². The van der Waals surface area contributed by atoms with Gasteiger partial charge < -0.3 is 42.7 Å². The standard InChI is InChI=1S/2C5H12N2O2.Cu/c2*6-3-1-2-4(7)5(8)9;/h2*4H,1-3,6-7H2,(H,8,9);/q;;+2/p-2/t2*4-;/m11./s1. The van der Waals surface area contributed by atoms with Gasteiger partial charge in [0.05, 0.1) is 11.9 Å². The summed E-state index contributed by atoms with van der Waals surface area (Å²) in [6.07, 6.45) is 2.07. The first-order valence-electron chi connectivity index (χ1n) is 5.69. The Balaban J connectivity index is -0.000000256. The second-order valence-corrected chi connectivity index (χ2v) is 3.71. The molecular formula is C10H22CuN4O4. The van der Waals surface area contributed by atoms with Gasteiger partial charge in [-0.1, -0.05) is 0 Å². The number of carboxylic acids is 2. The molecule has 0 aliphatic heterocycles. The molecule has 0 aromatic carbocycles. The molecule has 0 aliphatic rings. The van der Waals surface area contributed by atoms with Crippen LogP contribution in [0.3, 0.4) is 0 Å². The van der Waals surface area contributed by atoms with Crippen molar-refractivity contribution in [1.82, 2.24) is 0 Å². The van der Waals surface area contributed by atoms with Crippen molar-refractivity contribution in [2.45, 2.75) is 37.8 Å². The molecular weight excluding hydrogens is 304 g/mol. The third-order valence-corrected chi connectivity index (χ3v) is 2.04. The number of hydrogen-bond donors (Lipinski definition) is 4. The molecule has 1 radical (unpaired) electrons. The average Bonchev–Trinajstić information content (AvgIpc) is 2.33. The van der Waals surface area contributed by atoms with Crippen LogP contribution in [-0.2, 0) is 26.7 Å². The summed E-state index contributed by atoms with van der Waals surface area (Å²) in [5.74, 6) is -2.41. The summed E-state index contributed by atoms with van der Waals surface area (Å²) < 4.78 is 0. The summed E-state index contributed by atoms with van der Waals surface area (Å²) >= 11 is 0. The first kappa shape index (κ1) is 23.4. The van der Waals surface area contributed by atoms with E-state index in [0.29, 0.717) is 38.8 Å². The number of nitrogens with two attached hydrogens (primary N) is 4. The zero-order chi connectivity index (χ0) is 14.6. The Morgan fingerprint density at radius 1 is 0.842 bits per heavy atom. The second kappa shape index (κ2) is 15.4. The van der Waals surface area contributed by atoms with Crippen LogP contribution < -0.4 is 33.1 Å². The van der Waals surface area contributed by atoms with Crippen LogP contribution in [0.5, 0.6) is 0 Å². The fraction of sp³-hybridized carbons (Fsp3) is 0.800. The van der Waals surface area contributed by atoms with Crippen LogP contribution in [0.1, 0.15) is 25.7 Å². The molecule has 0 aliphatic carbocycles. The second-order valence-electron chi connectivity index (χ2n) is 3.71. The maximum absolute atomic E-state index is 9.93. The van der Waals surface area contributed by atoms with E-state index in [-0.39, 0.29) is 17.1 Å².